The molecule has 0 aromatic heterocycles. The van der Waals surface area contributed by atoms with Crippen molar-refractivity contribution in [3.05, 3.63) is 0 Å². The van der Waals surface area contributed by atoms with Gasteiger partial charge in [-0.25, -0.2) is 0 Å². The highest BCUT2D eigenvalue weighted by Gasteiger charge is 2.34. The molecule has 0 atom stereocenters. The van der Waals surface area contributed by atoms with Gasteiger partial charge in [0.15, 0.2) is 0 Å². The van der Waals surface area contributed by atoms with Crippen LogP contribution < -0.4 is 5.32 Å². The Balaban J connectivity index is 2.35. The van der Waals surface area contributed by atoms with Crippen LogP contribution in [0.1, 0.15) is 39.0 Å². The topological polar surface area (TPSA) is 15.3 Å². The molecule has 0 radical (unpaired) electrons. The molecule has 0 amide bonds. The van der Waals surface area contributed by atoms with Crippen molar-refractivity contribution in [1.82, 2.24) is 10.2 Å². The molecule has 102 valence electrons. The van der Waals surface area contributed by atoms with E-state index >= 15 is 0 Å². The lowest BCUT2D eigenvalue weighted by Gasteiger charge is -2.34. The first-order valence-electron chi connectivity index (χ1n) is 7.11. The molecule has 1 aliphatic rings. The first-order valence-corrected chi connectivity index (χ1v) is 8.50. The van der Waals surface area contributed by atoms with Gasteiger partial charge in [0.25, 0.3) is 0 Å². The fourth-order valence-corrected chi connectivity index (χ4v) is 3.44. The van der Waals surface area contributed by atoms with Crippen LogP contribution in [0.4, 0.5) is 0 Å². The Hall–Kier alpha value is 0.270. The minimum Gasteiger partial charge on any atom is -0.316 e. The third kappa shape index (κ3) is 5.62. The number of nitrogens with zero attached hydrogens (tertiary/aromatic N) is 1. The van der Waals surface area contributed by atoms with Crippen LogP contribution >= 0.6 is 11.8 Å². The van der Waals surface area contributed by atoms with Crippen LogP contribution in [0.5, 0.6) is 0 Å². The summed E-state index contributed by atoms with van der Waals surface area (Å²) < 4.78 is 0. The third-order valence-electron chi connectivity index (χ3n) is 3.87. The van der Waals surface area contributed by atoms with E-state index in [0.29, 0.717) is 5.41 Å². The van der Waals surface area contributed by atoms with Crippen molar-refractivity contribution in [1.29, 1.82) is 0 Å². The van der Waals surface area contributed by atoms with E-state index < -0.39 is 0 Å². The maximum Gasteiger partial charge on any atom is 0.00694 e. The molecule has 0 aromatic rings. The molecule has 3 heteroatoms. The van der Waals surface area contributed by atoms with Crippen molar-refractivity contribution in [3.8, 4) is 0 Å². The highest BCUT2D eigenvalue weighted by atomic mass is 32.2. The Morgan fingerprint density at radius 3 is 2.59 bits per heavy atom. The molecule has 1 N–H and O–H groups in total. The van der Waals surface area contributed by atoms with Gasteiger partial charge >= 0.3 is 0 Å². The van der Waals surface area contributed by atoms with Crippen molar-refractivity contribution >= 4 is 11.8 Å². The standard InChI is InChI=1S/C14H30N2S/c1-4-9-15-12-14(7-5-6-8-14)13-16(2)10-11-17-3/h15H,4-13H2,1-3H3. The Morgan fingerprint density at radius 1 is 1.29 bits per heavy atom. The lowest BCUT2D eigenvalue weighted by atomic mass is 9.85. The van der Waals surface area contributed by atoms with Gasteiger partial charge in [-0.1, -0.05) is 19.8 Å². The van der Waals surface area contributed by atoms with Crippen LogP contribution in [0.2, 0.25) is 0 Å². The van der Waals surface area contributed by atoms with Gasteiger partial charge in [-0.2, -0.15) is 11.8 Å². The minimum absolute atomic E-state index is 0.572. The summed E-state index contributed by atoms with van der Waals surface area (Å²) in [6.45, 7) is 7.17. The zero-order valence-electron chi connectivity index (χ0n) is 11.9. The number of rotatable bonds is 9. The first kappa shape index (κ1) is 15.3. The van der Waals surface area contributed by atoms with E-state index in [-0.39, 0.29) is 0 Å². The van der Waals surface area contributed by atoms with E-state index in [1.165, 1.54) is 64.0 Å². The highest BCUT2D eigenvalue weighted by molar-refractivity contribution is 7.98. The maximum absolute atomic E-state index is 3.65. The fraction of sp³-hybridized carbons (Fsp3) is 1.00. The van der Waals surface area contributed by atoms with E-state index in [0.717, 1.165) is 0 Å². The molecule has 0 spiro atoms. The van der Waals surface area contributed by atoms with Crippen molar-refractivity contribution in [2.75, 3.05) is 45.2 Å². The first-order chi connectivity index (χ1) is 8.22. The van der Waals surface area contributed by atoms with Crippen LogP contribution in [-0.4, -0.2) is 50.1 Å². The largest absolute Gasteiger partial charge is 0.316 e. The summed E-state index contributed by atoms with van der Waals surface area (Å²) in [5.41, 5.74) is 0.572. The molecular weight excluding hydrogens is 228 g/mol. The van der Waals surface area contributed by atoms with Gasteiger partial charge in [0.1, 0.15) is 0 Å². The van der Waals surface area contributed by atoms with Crippen molar-refractivity contribution < 1.29 is 0 Å². The van der Waals surface area contributed by atoms with Gasteiger partial charge in [0.2, 0.25) is 0 Å². The second-order valence-electron chi connectivity index (χ2n) is 5.61. The Kier molecular flexibility index (Phi) is 7.56. The lowest BCUT2D eigenvalue weighted by Crippen LogP contribution is -2.42. The Morgan fingerprint density at radius 2 is 2.00 bits per heavy atom. The number of hydrogen-bond donors (Lipinski definition) is 1. The smallest absolute Gasteiger partial charge is 0.00694 e. The molecule has 2 nitrogen and oxygen atoms in total. The van der Waals surface area contributed by atoms with Gasteiger partial charge in [0, 0.05) is 25.4 Å². The van der Waals surface area contributed by atoms with E-state index in [1.807, 2.05) is 11.8 Å². The Bertz CT molecular complexity index is 191. The van der Waals surface area contributed by atoms with Gasteiger partial charge in [-0.05, 0) is 44.5 Å². The van der Waals surface area contributed by atoms with Gasteiger partial charge in [0.05, 0.1) is 0 Å². The van der Waals surface area contributed by atoms with Gasteiger partial charge < -0.3 is 10.2 Å². The van der Waals surface area contributed by atoms with Gasteiger partial charge in [-0.3, -0.25) is 0 Å². The summed E-state index contributed by atoms with van der Waals surface area (Å²) in [4.78, 5) is 2.54. The van der Waals surface area contributed by atoms with Crippen LogP contribution in [0.25, 0.3) is 0 Å². The zero-order chi connectivity index (χ0) is 12.6. The molecule has 1 aliphatic carbocycles. The zero-order valence-corrected chi connectivity index (χ0v) is 12.7. The Labute approximate surface area is 112 Å². The third-order valence-corrected chi connectivity index (χ3v) is 4.46. The highest BCUT2D eigenvalue weighted by Crippen LogP contribution is 2.38. The van der Waals surface area contributed by atoms with Crippen LogP contribution in [-0.2, 0) is 0 Å². The predicted octanol–water partition coefficient (Wildman–Crippen LogP) is 2.84. The van der Waals surface area contributed by atoms with E-state index in [9.17, 15) is 0 Å². The monoisotopic (exact) mass is 258 g/mol. The summed E-state index contributed by atoms with van der Waals surface area (Å²) >= 11 is 1.95. The van der Waals surface area contributed by atoms with Crippen LogP contribution in [0, 0.1) is 5.41 Å². The average molecular weight is 258 g/mol. The molecule has 0 aromatic carbocycles. The fourth-order valence-electron chi connectivity index (χ4n) is 2.94. The van der Waals surface area contributed by atoms with Crippen LogP contribution in [0.15, 0.2) is 0 Å². The molecule has 1 fully saturated rings. The van der Waals surface area contributed by atoms with E-state index in [2.05, 4.69) is 30.4 Å². The number of hydrogen-bond acceptors (Lipinski definition) is 3. The quantitative estimate of drug-likeness (QED) is 0.640. The summed E-state index contributed by atoms with van der Waals surface area (Å²) in [5, 5.41) is 3.65. The molecule has 0 saturated heterocycles. The van der Waals surface area contributed by atoms with Gasteiger partial charge in [-0.15, -0.1) is 0 Å². The normalized spacial score (nSPS) is 19.1. The average Bonchev–Trinajstić information content (AvgIpc) is 2.75. The molecule has 1 saturated carbocycles. The molecule has 17 heavy (non-hydrogen) atoms. The minimum atomic E-state index is 0.572. The van der Waals surface area contributed by atoms with Crippen molar-refractivity contribution in [2.24, 2.45) is 5.41 Å². The lowest BCUT2D eigenvalue weighted by molar-refractivity contribution is 0.179. The van der Waals surface area contributed by atoms with Crippen molar-refractivity contribution in [3.63, 3.8) is 0 Å². The number of nitrogens with one attached hydrogen (secondary N) is 1. The molecule has 1 rings (SSSR count). The van der Waals surface area contributed by atoms with Crippen molar-refractivity contribution in [2.45, 2.75) is 39.0 Å². The molecule has 0 bridgehead atoms. The van der Waals surface area contributed by atoms with E-state index in [1.54, 1.807) is 0 Å². The molecular formula is C14H30N2S. The summed E-state index contributed by atoms with van der Waals surface area (Å²) in [6.07, 6.45) is 9.16. The number of thioether (sulfide) groups is 1. The maximum atomic E-state index is 3.65. The summed E-state index contributed by atoms with van der Waals surface area (Å²) in [5.74, 6) is 1.26. The molecule has 0 aliphatic heterocycles. The second-order valence-corrected chi connectivity index (χ2v) is 6.60. The van der Waals surface area contributed by atoms with E-state index in [4.69, 9.17) is 0 Å². The second kappa shape index (κ2) is 8.39. The molecule has 0 unspecified atom stereocenters. The SMILES string of the molecule is CCCNCC1(CN(C)CCSC)CCCC1. The predicted molar refractivity (Wildman–Crippen MR) is 79.9 cm³/mol. The summed E-state index contributed by atoms with van der Waals surface area (Å²) in [6, 6.07) is 0. The molecule has 0 heterocycles. The van der Waals surface area contributed by atoms with Crippen LogP contribution in [0.3, 0.4) is 0 Å². The summed E-state index contributed by atoms with van der Waals surface area (Å²) in [7, 11) is 2.29.